The zero-order chi connectivity index (χ0) is 10.8. The third kappa shape index (κ3) is 6.82. The molecule has 0 aromatic carbocycles. The average molecular weight is 218 g/mol. The van der Waals surface area contributed by atoms with E-state index < -0.39 is 9.28 Å². The predicted octanol–water partition coefficient (Wildman–Crippen LogP) is 0.938. The lowest BCUT2D eigenvalue weighted by molar-refractivity contribution is -0.136. The summed E-state index contributed by atoms with van der Waals surface area (Å²) in [5.74, 6) is -0.343. The van der Waals surface area contributed by atoms with Crippen molar-refractivity contribution >= 4 is 15.3 Å². The van der Waals surface area contributed by atoms with Gasteiger partial charge in [-0.25, -0.2) is 4.79 Å². The molecule has 0 saturated heterocycles. The molecule has 0 atom stereocenters. The molecule has 0 aromatic rings. The highest BCUT2D eigenvalue weighted by Crippen LogP contribution is 1.92. The minimum atomic E-state index is -1.79. The lowest BCUT2D eigenvalue weighted by atomic mass is 10.5. The van der Waals surface area contributed by atoms with Crippen molar-refractivity contribution in [2.24, 2.45) is 0 Å². The summed E-state index contributed by atoms with van der Waals surface area (Å²) in [7, 11) is -1.79. The predicted molar refractivity (Wildman–Crippen MR) is 56.2 cm³/mol. The molecule has 0 unspecified atom stereocenters. The standard InChI is InChI=1S/C9H18O4Si/c1-4-7-9(10)11-8-14(12-5-2)13-6-3/h4,7,14H,5-6,8H2,1-3H3. The molecular formula is C9H18O4Si. The second-order valence-corrected chi connectivity index (χ2v) is 4.33. The summed E-state index contributed by atoms with van der Waals surface area (Å²) in [6.07, 6.45) is 3.29. The Hall–Kier alpha value is -0.653. The molecule has 5 heteroatoms. The first kappa shape index (κ1) is 13.3. The van der Waals surface area contributed by atoms with Gasteiger partial charge < -0.3 is 13.6 Å². The van der Waals surface area contributed by atoms with Crippen LogP contribution in [0.3, 0.4) is 0 Å². The molecule has 0 bridgehead atoms. The van der Waals surface area contributed by atoms with Gasteiger partial charge in [0.1, 0.15) is 6.23 Å². The molecule has 0 aliphatic rings. The zero-order valence-electron chi connectivity index (χ0n) is 8.99. The van der Waals surface area contributed by atoms with Gasteiger partial charge in [-0.05, 0) is 20.8 Å². The average Bonchev–Trinajstić information content (AvgIpc) is 2.15. The van der Waals surface area contributed by atoms with Gasteiger partial charge in [-0.2, -0.15) is 0 Å². The summed E-state index contributed by atoms with van der Waals surface area (Å²) in [5, 5.41) is 0. The second-order valence-electron chi connectivity index (χ2n) is 2.47. The van der Waals surface area contributed by atoms with Crippen molar-refractivity contribution in [3.63, 3.8) is 0 Å². The molecule has 0 amide bonds. The fourth-order valence-corrected chi connectivity index (χ4v) is 2.18. The second kappa shape index (κ2) is 8.92. The summed E-state index contributed by atoms with van der Waals surface area (Å²) in [6, 6.07) is 0. The maximum atomic E-state index is 11.0. The zero-order valence-corrected chi connectivity index (χ0v) is 10.1. The van der Waals surface area contributed by atoms with E-state index >= 15 is 0 Å². The molecule has 82 valence electrons. The summed E-state index contributed by atoms with van der Waals surface area (Å²) in [6.45, 7) is 6.75. The van der Waals surface area contributed by atoms with Crippen LogP contribution in [0, 0.1) is 0 Å². The fourth-order valence-electron chi connectivity index (χ4n) is 0.850. The summed E-state index contributed by atoms with van der Waals surface area (Å²) >= 11 is 0. The van der Waals surface area contributed by atoms with E-state index in [0.717, 1.165) is 0 Å². The minimum absolute atomic E-state index is 0.269. The van der Waals surface area contributed by atoms with Gasteiger partial charge in [-0.1, -0.05) is 6.08 Å². The molecule has 14 heavy (non-hydrogen) atoms. The number of esters is 1. The van der Waals surface area contributed by atoms with Crippen LogP contribution in [-0.2, 0) is 18.4 Å². The molecule has 0 N–H and O–H groups in total. The Bertz CT molecular complexity index is 176. The molecule has 0 aromatic heterocycles. The van der Waals surface area contributed by atoms with Crippen LogP contribution in [0.4, 0.5) is 0 Å². The van der Waals surface area contributed by atoms with Crippen molar-refractivity contribution in [1.82, 2.24) is 0 Å². The van der Waals surface area contributed by atoms with Crippen molar-refractivity contribution in [3.05, 3.63) is 12.2 Å². The molecule has 0 aliphatic carbocycles. The first-order valence-electron chi connectivity index (χ1n) is 4.77. The number of ether oxygens (including phenoxy) is 1. The van der Waals surface area contributed by atoms with E-state index in [9.17, 15) is 4.79 Å². The minimum Gasteiger partial charge on any atom is -0.461 e. The Kier molecular flexibility index (Phi) is 8.51. The van der Waals surface area contributed by atoms with Gasteiger partial charge in [0.2, 0.25) is 0 Å². The van der Waals surface area contributed by atoms with E-state index in [1.807, 2.05) is 13.8 Å². The third-order valence-electron chi connectivity index (χ3n) is 1.37. The Morgan fingerprint density at radius 3 is 2.29 bits per heavy atom. The van der Waals surface area contributed by atoms with Gasteiger partial charge >= 0.3 is 15.3 Å². The number of carbonyl (C=O) groups is 1. The van der Waals surface area contributed by atoms with Crippen LogP contribution in [0.25, 0.3) is 0 Å². The van der Waals surface area contributed by atoms with Gasteiger partial charge in [-0.15, -0.1) is 0 Å². The molecule has 0 saturated carbocycles. The molecule has 0 rings (SSSR count). The summed E-state index contributed by atoms with van der Waals surface area (Å²) < 4.78 is 15.6. The van der Waals surface area contributed by atoms with Crippen LogP contribution in [0.2, 0.25) is 0 Å². The van der Waals surface area contributed by atoms with Crippen LogP contribution in [0.15, 0.2) is 12.2 Å². The number of hydrogen-bond donors (Lipinski definition) is 0. The SMILES string of the molecule is CC=CC(=O)OC[SiH](OCC)OCC. The molecule has 4 nitrogen and oxygen atoms in total. The highest BCUT2D eigenvalue weighted by Gasteiger charge is 2.14. The maximum absolute atomic E-state index is 11.0. The van der Waals surface area contributed by atoms with Crippen LogP contribution in [0.1, 0.15) is 20.8 Å². The highest BCUT2D eigenvalue weighted by molar-refractivity contribution is 6.44. The van der Waals surface area contributed by atoms with Crippen molar-refractivity contribution < 1.29 is 18.4 Å². The van der Waals surface area contributed by atoms with Gasteiger partial charge in [0.15, 0.2) is 0 Å². The number of allylic oxidation sites excluding steroid dienone is 1. The molecule has 0 spiro atoms. The molecule has 0 fully saturated rings. The van der Waals surface area contributed by atoms with Crippen LogP contribution in [0.5, 0.6) is 0 Å². The molecule has 0 aliphatic heterocycles. The first-order valence-corrected chi connectivity index (χ1v) is 6.53. The van der Waals surface area contributed by atoms with Crippen molar-refractivity contribution in [3.8, 4) is 0 Å². The maximum Gasteiger partial charge on any atom is 0.360 e. The van der Waals surface area contributed by atoms with Crippen molar-refractivity contribution in [2.75, 3.05) is 19.4 Å². The molecule has 0 radical (unpaired) electrons. The van der Waals surface area contributed by atoms with E-state index in [0.29, 0.717) is 13.2 Å². The highest BCUT2D eigenvalue weighted by atomic mass is 28.3. The largest absolute Gasteiger partial charge is 0.461 e. The van der Waals surface area contributed by atoms with Crippen LogP contribution >= 0.6 is 0 Å². The molecular weight excluding hydrogens is 200 g/mol. The lowest BCUT2D eigenvalue weighted by Crippen LogP contribution is -2.30. The van der Waals surface area contributed by atoms with E-state index in [4.69, 9.17) is 13.6 Å². The summed E-state index contributed by atoms with van der Waals surface area (Å²) in [4.78, 5) is 11.0. The number of hydrogen-bond acceptors (Lipinski definition) is 4. The number of carbonyl (C=O) groups excluding carboxylic acids is 1. The smallest absolute Gasteiger partial charge is 0.360 e. The van der Waals surface area contributed by atoms with Gasteiger partial charge in [0.25, 0.3) is 0 Å². The van der Waals surface area contributed by atoms with Crippen molar-refractivity contribution in [1.29, 1.82) is 0 Å². The van der Waals surface area contributed by atoms with E-state index in [-0.39, 0.29) is 12.2 Å². The third-order valence-corrected chi connectivity index (χ3v) is 3.22. The molecule has 0 heterocycles. The quantitative estimate of drug-likeness (QED) is 0.362. The Labute approximate surface area is 86.7 Å². The van der Waals surface area contributed by atoms with Gasteiger partial charge in [-0.3, -0.25) is 0 Å². The normalized spacial score (nSPS) is 11.1. The lowest BCUT2D eigenvalue weighted by Gasteiger charge is -2.13. The fraction of sp³-hybridized carbons (Fsp3) is 0.667. The number of rotatable bonds is 7. The Balaban J connectivity index is 3.74. The van der Waals surface area contributed by atoms with E-state index in [2.05, 4.69) is 0 Å². The van der Waals surface area contributed by atoms with Crippen LogP contribution in [-0.4, -0.2) is 34.7 Å². The topological polar surface area (TPSA) is 44.8 Å². The van der Waals surface area contributed by atoms with Crippen molar-refractivity contribution in [2.45, 2.75) is 20.8 Å². The van der Waals surface area contributed by atoms with Crippen LogP contribution < -0.4 is 0 Å². The van der Waals surface area contributed by atoms with Gasteiger partial charge in [0.05, 0.1) is 0 Å². The monoisotopic (exact) mass is 218 g/mol. The Morgan fingerprint density at radius 2 is 1.86 bits per heavy atom. The van der Waals surface area contributed by atoms with E-state index in [1.165, 1.54) is 6.08 Å². The Morgan fingerprint density at radius 1 is 1.29 bits per heavy atom. The first-order chi connectivity index (χ1) is 6.74. The summed E-state index contributed by atoms with van der Waals surface area (Å²) in [5.41, 5.74) is 0. The van der Waals surface area contributed by atoms with Gasteiger partial charge in [0, 0.05) is 19.3 Å². The van der Waals surface area contributed by atoms with E-state index in [1.54, 1.807) is 13.0 Å².